The van der Waals surface area contributed by atoms with Crippen LogP contribution in [0.5, 0.6) is 0 Å². The molecule has 33 heavy (non-hydrogen) atoms. The average molecular weight is 510 g/mol. The summed E-state index contributed by atoms with van der Waals surface area (Å²) in [5.41, 5.74) is 6.23. The topological polar surface area (TPSA) is 53.7 Å². The Morgan fingerprint density at radius 3 is 1.21 bits per heavy atom. The van der Waals surface area contributed by atoms with Gasteiger partial charge in [0, 0.05) is 39.3 Å². The van der Waals surface area contributed by atoms with Crippen LogP contribution in [0.3, 0.4) is 0 Å². The van der Waals surface area contributed by atoms with E-state index in [1.54, 1.807) is 21.3 Å². The van der Waals surface area contributed by atoms with Crippen LogP contribution < -0.4 is 5.73 Å². The molecule has 0 saturated carbocycles. The molecule has 0 unspecified atom stereocenters. The fraction of sp³-hybridized carbons (Fsp3) is 1.00. The zero-order chi connectivity index (χ0) is 25.0. The Hall–Kier alpha value is 0.347. The standard InChI is InChI=1S/C21H45N.C6H15ClO3Si/c1-3-5-7-9-11-13-15-17-19-21(22)20-18-16-14-12-10-8-6-4-2;1-8-11(9-2,10-3)6-4-5-7/h21H,3-20,22H2,1-2H3;4-6H2,1-3H3. The second kappa shape index (κ2) is 28.6. The molecule has 0 amide bonds. The summed E-state index contributed by atoms with van der Waals surface area (Å²) < 4.78 is 15.5. The molecule has 0 fully saturated rings. The first-order chi connectivity index (χ1) is 16.1. The Balaban J connectivity index is 0. The molecule has 0 spiro atoms. The molecule has 0 aromatic carbocycles. The first-order valence-electron chi connectivity index (χ1n) is 14.0. The summed E-state index contributed by atoms with van der Waals surface area (Å²) >= 11 is 5.53. The van der Waals surface area contributed by atoms with E-state index in [1.807, 2.05) is 0 Å². The zero-order valence-corrected chi connectivity index (χ0v) is 24.9. The number of halogens is 1. The fourth-order valence-electron chi connectivity index (χ4n) is 4.06. The third-order valence-electron chi connectivity index (χ3n) is 6.41. The average Bonchev–Trinajstić information content (AvgIpc) is 2.84. The SMILES string of the molecule is CCCCCCCCCCC(N)CCCCCCCCCC.CO[Si](CCCCl)(OC)OC. The van der Waals surface area contributed by atoms with Crippen molar-refractivity contribution in [3.8, 4) is 0 Å². The molecule has 0 aliphatic rings. The summed E-state index contributed by atoms with van der Waals surface area (Å²) in [7, 11) is 2.49. The number of hydrogen-bond acceptors (Lipinski definition) is 4. The van der Waals surface area contributed by atoms with Crippen molar-refractivity contribution in [3.63, 3.8) is 0 Å². The molecular weight excluding hydrogens is 450 g/mol. The lowest BCUT2D eigenvalue weighted by Gasteiger charge is -2.23. The van der Waals surface area contributed by atoms with Gasteiger partial charge in [-0.3, -0.25) is 0 Å². The molecule has 0 rings (SSSR count). The lowest BCUT2D eigenvalue weighted by Crippen LogP contribution is -2.42. The highest BCUT2D eigenvalue weighted by atomic mass is 35.5. The van der Waals surface area contributed by atoms with E-state index in [-0.39, 0.29) is 0 Å². The van der Waals surface area contributed by atoms with E-state index in [4.69, 9.17) is 30.6 Å². The zero-order valence-electron chi connectivity index (χ0n) is 23.1. The van der Waals surface area contributed by atoms with Crippen LogP contribution >= 0.6 is 11.6 Å². The third kappa shape index (κ3) is 25.3. The van der Waals surface area contributed by atoms with Crippen molar-refractivity contribution in [2.75, 3.05) is 27.2 Å². The lowest BCUT2D eigenvalue weighted by molar-refractivity contribution is 0.123. The molecule has 0 bridgehead atoms. The van der Waals surface area contributed by atoms with Crippen molar-refractivity contribution < 1.29 is 13.3 Å². The molecular formula is C27H60ClNO3Si. The van der Waals surface area contributed by atoms with Crippen molar-refractivity contribution >= 4 is 20.4 Å². The molecule has 0 aliphatic heterocycles. The maximum absolute atomic E-state index is 6.23. The summed E-state index contributed by atoms with van der Waals surface area (Å²) in [6.45, 7) is 4.57. The van der Waals surface area contributed by atoms with Gasteiger partial charge in [0.15, 0.2) is 0 Å². The molecule has 0 saturated heterocycles. The number of unbranched alkanes of at least 4 members (excludes halogenated alkanes) is 14. The van der Waals surface area contributed by atoms with Crippen LogP contribution in [0.2, 0.25) is 6.04 Å². The van der Waals surface area contributed by atoms with Crippen LogP contribution in [0.15, 0.2) is 0 Å². The largest absolute Gasteiger partial charge is 0.500 e. The third-order valence-corrected chi connectivity index (χ3v) is 9.51. The Morgan fingerprint density at radius 1 is 0.576 bits per heavy atom. The number of hydrogen-bond donors (Lipinski definition) is 1. The van der Waals surface area contributed by atoms with E-state index in [9.17, 15) is 0 Å². The van der Waals surface area contributed by atoms with Gasteiger partial charge in [-0.1, -0.05) is 117 Å². The van der Waals surface area contributed by atoms with Gasteiger partial charge in [0.05, 0.1) is 0 Å². The van der Waals surface area contributed by atoms with Crippen LogP contribution in [0, 0.1) is 0 Å². The molecule has 0 heterocycles. The monoisotopic (exact) mass is 509 g/mol. The van der Waals surface area contributed by atoms with Crippen molar-refractivity contribution in [3.05, 3.63) is 0 Å². The van der Waals surface area contributed by atoms with Gasteiger partial charge in [-0.25, -0.2) is 0 Å². The molecule has 4 nitrogen and oxygen atoms in total. The minimum absolute atomic E-state index is 0.472. The highest BCUT2D eigenvalue weighted by molar-refractivity contribution is 6.60. The Labute approximate surface area is 214 Å². The van der Waals surface area contributed by atoms with Gasteiger partial charge >= 0.3 is 8.80 Å². The molecule has 0 radical (unpaired) electrons. The molecule has 0 aliphatic carbocycles. The molecule has 6 heteroatoms. The van der Waals surface area contributed by atoms with E-state index < -0.39 is 8.80 Å². The van der Waals surface area contributed by atoms with Crippen molar-refractivity contribution in [1.29, 1.82) is 0 Å². The summed E-state index contributed by atoms with van der Waals surface area (Å²) in [6.07, 6.45) is 25.9. The summed E-state index contributed by atoms with van der Waals surface area (Å²) in [6, 6.07) is 1.25. The van der Waals surface area contributed by atoms with E-state index in [0.29, 0.717) is 11.9 Å². The first kappa shape index (κ1) is 35.5. The fourth-order valence-corrected chi connectivity index (χ4v) is 6.14. The van der Waals surface area contributed by atoms with Crippen molar-refractivity contribution in [2.24, 2.45) is 5.73 Å². The highest BCUT2D eigenvalue weighted by Gasteiger charge is 2.36. The van der Waals surface area contributed by atoms with Gasteiger partial charge < -0.3 is 19.0 Å². The summed E-state index contributed by atoms with van der Waals surface area (Å²) in [5, 5.41) is 0. The second-order valence-corrected chi connectivity index (χ2v) is 12.8. The smallest absolute Gasteiger partial charge is 0.377 e. The van der Waals surface area contributed by atoms with Crippen LogP contribution in [-0.4, -0.2) is 42.1 Å². The van der Waals surface area contributed by atoms with Gasteiger partial charge in [-0.05, 0) is 19.3 Å². The lowest BCUT2D eigenvalue weighted by atomic mass is 10.0. The maximum atomic E-state index is 6.23. The van der Waals surface area contributed by atoms with Crippen LogP contribution in [0.1, 0.15) is 136 Å². The minimum Gasteiger partial charge on any atom is -0.377 e. The number of nitrogens with two attached hydrogens (primary N) is 1. The van der Waals surface area contributed by atoms with Crippen molar-refractivity contribution in [2.45, 2.75) is 148 Å². The van der Waals surface area contributed by atoms with Crippen LogP contribution in [-0.2, 0) is 13.3 Å². The number of rotatable bonds is 24. The van der Waals surface area contributed by atoms with Gasteiger partial charge in [-0.2, -0.15) is 0 Å². The highest BCUT2D eigenvalue weighted by Crippen LogP contribution is 2.15. The second-order valence-electron chi connectivity index (χ2n) is 9.38. The minimum atomic E-state index is -2.32. The van der Waals surface area contributed by atoms with Gasteiger partial charge in [0.1, 0.15) is 0 Å². The quantitative estimate of drug-likeness (QED) is 0.0801. The van der Waals surface area contributed by atoms with Gasteiger partial charge in [0.25, 0.3) is 0 Å². The predicted molar refractivity (Wildman–Crippen MR) is 149 cm³/mol. The molecule has 202 valence electrons. The molecule has 0 atom stereocenters. The van der Waals surface area contributed by atoms with Crippen molar-refractivity contribution in [1.82, 2.24) is 0 Å². The molecule has 0 aromatic heterocycles. The van der Waals surface area contributed by atoms with E-state index in [2.05, 4.69) is 13.8 Å². The van der Waals surface area contributed by atoms with Crippen LogP contribution in [0.4, 0.5) is 0 Å². The number of alkyl halides is 1. The van der Waals surface area contributed by atoms with E-state index >= 15 is 0 Å². The van der Waals surface area contributed by atoms with Crippen LogP contribution in [0.25, 0.3) is 0 Å². The Bertz CT molecular complexity index is 332. The predicted octanol–water partition coefficient (Wildman–Crippen LogP) is 8.87. The van der Waals surface area contributed by atoms with Gasteiger partial charge in [-0.15, -0.1) is 11.6 Å². The van der Waals surface area contributed by atoms with Gasteiger partial charge in [0.2, 0.25) is 0 Å². The normalized spacial score (nSPS) is 11.6. The van der Waals surface area contributed by atoms with E-state index in [1.165, 1.54) is 116 Å². The summed E-state index contributed by atoms with van der Waals surface area (Å²) in [4.78, 5) is 0. The Kier molecular flexibility index (Phi) is 30.8. The van der Waals surface area contributed by atoms with E-state index in [0.717, 1.165) is 12.5 Å². The molecule has 2 N–H and O–H groups in total. The summed E-state index contributed by atoms with van der Waals surface area (Å²) in [5.74, 6) is 0.616. The first-order valence-corrected chi connectivity index (χ1v) is 16.5. The molecule has 0 aromatic rings. The Morgan fingerprint density at radius 2 is 0.909 bits per heavy atom. The maximum Gasteiger partial charge on any atom is 0.500 e.